The molecule has 160 valence electrons. The molecule has 1 unspecified atom stereocenters. The number of fused-ring (bicyclic) bond motifs is 3. The van der Waals surface area contributed by atoms with Crippen LogP contribution in [-0.2, 0) is 0 Å². The maximum absolute atomic E-state index is 13.1. The van der Waals surface area contributed by atoms with Gasteiger partial charge in [-0.05, 0) is 67.3 Å². The fourth-order valence-corrected chi connectivity index (χ4v) is 5.30. The van der Waals surface area contributed by atoms with Gasteiger partial charge in [0.1, 0.15) is 5.82 Å². The molecule has 1 N–H and O–H groups in total. The molecule has 3 aromatic carbocycles. The summed E-state index contributed by atoms with van der Waals surface area (Å²) in [6, 6.07) is 26.3. The second-order valence-electron chi connectivity index (χ2n) is 8.74. The van der Waals surface area contributed by atoms with E-state index in [-0.39, 0.29) is 5.82 Å². The first kappa shape index (κ1) is 20.2. The molecule has 0 aromatic heterocycles. The third kappa shape index (κ3) is 4.10. The maximum atomic E-state index is 13.1. The van der Waals surface area contributed by atoms with E-state index in [0.29, 0.717) is 18.4 Å². The number of rotatable bonds is 6. The number of piperidine rings is 1. The van der Waals surface area contributed by atoms with Gasteiger partial charge >= 0.3 is 0 Å². The van der Waals surface area contributed by atoms with E-state index in [1.165, 1.54) is 29.1 Å². The van der Waals surface area contributed by atoms with Gasteiger partial charge in [0.15, 0.2) is 0 Å². The molecule has 5 rings (SSSR count). The molecule has 0 bridgehead atoms. The van der Waals surface area contributed by atoms with Gasteiger partial charge in [-0.25, -0.2) is 4.39 Å². The van der Waals surface area contributed by atoms with E-state index in [2.05, 4.69) is 64.4 Å². The quantitative estimate of drug-likeness (QED) is 0.563. The first-order chi connectivity index (χ1) is 15.2. The van der Waals surface area contributed by atoms with Crippen molar-refractivity contribution in [3.05, 3.63) is 95.8 Å². The van der Waals surface area contributed by atoms with Gasteiger partial charge in [-0.1, -0.05) is 48.5 Å². The molecule has 0 aliphatic carbocycles. The molecule has 2 aliphatic rings. The van der Waals surface area contributed by atoms with Gasteiger partial charge in [0.05, 0.1) is 6.10 Å². The lowest BCUT2D eigenvalue weighted by atomic mass is 9.89. The van der Waals surface area contributed by atoms with Crippen LogP contribution in [0.5, 0.6) is 0 Å². The van der Waals surface area contributed by atoms with E-state index in [9.17, 15) is 9.50 Å². The van der Waals surface area contributed by atoms with Gasteiger partial charge in [0.25, 0.3) is 0 Å². The number of nitrogens with zero attached hydrogens (tertiary/aromatic N) is 2. The minimum absolute atomic E-state index is 0.264. The van der Waals surface area contributed by atoms with Crippen LogP contribution in [0.2, 0.25) is 0 Å². The number of para-hydroxylation sites is 2. The Balaban J connectivity index is 1.24. The molecule has 3 nitrogen and oxygen atoms in total. The van der Waals surface area contributed by atoms with Crippen LogP contribution < -0.4 is 4.90 Å². The first-order valence-corrected chi connectivity index (χ1v) is 11.3. The van der Waals surface area contributed by atoms with Gasteiger partial charge in [-0.2, -0.15) is 0 Å². The zero-order valence-corrected chi connectivity index (χ0v) is 17.7. The molecule has 0 radical (unpaired) electrons. The monoisotopic (exact) mass is 416 g/mol. The predicted molar refractivity (Wildman–Crippen MR) is 123 cm³/mol. The van der Waals surface area contributed by atoms with E-state index < -0.39 is 6.10 Å². The summed E-state index contributed by atoms with van der Waals surface area (Å²) in [4.78, 5) is 5.08. The van der Waals surface area contributed by atoms with Crippen LogP contribution in [0.25, 0.3) is 0 Å². The number of aliphatic hydroxyl groups excluding tert-OH is 1. The molecule has 2 heterocycles. The molecule has 0 amide bonds. The lowest BCUT2D eigenvalue weighted by Gasteiger charge is -2.39. The van der Waals surface area contributed by atoms with Crippen molar-refractivity contribution in [2.24, 2.45) is 0 Å². The van der Waals surface area contributed by atoms with Crippen molar-refractivity contribution in [3.8, 4) is 0 Å². The second kappa shape index (κ2) is 8.81. The fraction of sp³-hybridized carbons (Fsp3) is 0.333. The number of hydrogen-bond donors (Lipinski definition) is 1. The smallest absolute Gasteiger partial charge is 0.123 e. The Labute approximate surface area is 183 Å². The Morgan fingerprint density at radius 1 is 0.935 bits per heavy atom. The van der Waals surface area contributed by atoms with Crippen molar-refractivity contribution < 1.29 is 9.50 Å². The highest BCUT2D eigenvalue weighted by Crippen LogP contribution is 2.48. The van der Waals surface area contributed by atoms with Crippen molar-refractivity contribution in [2.45, 2.75) is 37.3 Å². The summed E-state index contributed by atoms with van der Waals surface area (Å²) in [5, 5.41) is 10.4. The highest BCUT2D eigenvalue weighted by Gasteiger charge is 2.42. The molecule has 4 heteroatoms. The molecular weight excluding hydrogens is 387 g/mol. The molecule has 31 heavy (non-hydrogen) atoms. The van der Waals surface area contributed by atoms with E-state index in [4.69, 9.17) is 0 Å². The van der Waals surface area contributed by atoms with E-state index >= 15 is 0 Å². The maximum Gasteiger partial charge on any atom is 0.123 e. The highest BCUT2D eigenvalue weighted by molar-refractivity contribution is 5.72. The summed E-state index contributed by atoms with van der Waals surface area (Å²) in [7, 11) is 0. The van der Waals surface area contributed by atoms with Gasteiger partial charge < -0.3 is 14.9 Å². The average Bonchev–Trinajstić information content (AvgIpc) is 3.14. The number of aliphatic hydroxyl groups is 1. The first-order valence-electron chi connectivity index (χ1n) is 11.3. The van der Waals surface area contributed by atoms with Crippen LogP contribution in [0, 0.1) is 5.82 Å². The van der Waals surface area contributed by atoms with Gasteiger partial charge in [0, 0.05) is 36.4 Å². The molecule has 2 aliphatic heterocycles. The Bertz CT molecular complexity index is 1010. The van der Waals surface area contributed by atoms with Crippen molar-refractivity contribution in [1.29, 1.82) is 0 Å². The summed E-state index contributed by atoms with van der Waals surface area (Å²) in [5.41, 5.74) is 4.87. The second-order valence-corrected chi connectivity index (χ2v) is 8.74. The minimum Gasteiger partial charge on any atom is -0.388 e. The van der Waals surface area contributed by atoms with Crippen molar-refractivity contribution >= 4 is 11.4 Å². The molecule has 3 aromatic rings. The van der Waals surface area contributed by atoms with Crippen molar-refractivity contribution in [3.63, 3.8) is 0 Å². The zero-order valence-electron chi connectivity index (χ0n) is 17.7. The lowest BCUT2D eigenvalue weighted by Crippen LogP contribution is -2.45. The minimum atomic E-state index is -0.529. The highest BCUT2D eigenvalue weighted by atomic mass is 19.1. The fourth-order valence-electron chi connectivity index (χ4n) is 5.30. The number of benzene rings is 3. The molecular formula is C27H29FN2O. The molecule has 0 spiro atoms. The van der Waals surface area contributed by atoms with E-state index in [0.717, 1.165) is 38.0 Å². The molecule has 1 fully saturated rings. The van der Waals surface area contributed by atoms with Crippen LogP contribution in [-0.4, -0.2) is 35.7 Å². The van der Waals surface area contributed by atoms with Crippen LogP contribution in [0.1, 0.15) is 42.4 Å². The molecule has 0 saturated carbocycles. The number of hydrogen-bond acceptors (Lipinski definition) is 3. The average molecular weight is 417 g/mol. The zero-order chi connectivity index (χ0) is 21.2. The van der Waals surface area contributed by atoms with Crippen molar-refractivity contribution in [1.82, 2.24) is 4.90 Å². The number of halogens is 1. The SMILES string of the molecule is OC(CCCN1CC[C@@H]2[C@@H](C1)c1ccccc1N2c1ccccc1)c1ccc(F)cc1. The Morgan fingerprint density at radius 2 is 1.68 bits per heavy atom. The standard InChI is InChI=1S/C27H29FN2O/c28-21-14-12-20(13-15-21)27(31)11-6-17-29-18-16-26-24(19-29)23-9-4-5-10-25(23)30(26)22-7-2-1-3-8-22/h1-5,7-10,12-15,24,26-27,31H,6,11,16-19H2/t24-,26+,27?/m0/s1. The summed E-state index contributed by atoms with van der Waals surface area (Å²) in [5.74, 6) is 0.243. The van der Waals surface area contributed by atoms with E-state index in [1.807, 2.05) is 0 Å². The summed E-state index contributed by atoms with van der Waals surface area (Å²) in [6.07, 6.45) is 2.23. The topological polar surface area (TPSA) is 26.7 Å². The van der Waals surface area contributed by atoms with Crippen molar-refractivity contribution in [2.75, 3.05) is 24.5 Å². The van der Waals surface area contributed by atoms with Gasteiger partial charge in [-0.3, -0.25) is 0 Å². The van der Waals surface area contributed by atoms with Gasteiger partial charge in [-0.15, -0.1) is 0 Å². The normalized spacial score (nSPS) is 21.5. The van der Waals surface area contributed by atoms with E-state index in [1.54, 1.807) is 12.1 Å². The van der Waals surface area contributed by atoms with Crippen LogP contribution in [0.15, 0.2) is 78.9 Å². The molecule has 3 atom stereocenters. The largest absolute Gasteiger partial charge is 0.388 e. The number of likely N-dealkylation sites (tertiary alicyclic amines) is 1. The summed E-state index contributed by atoms with van der Waals surface area (Å²) in [6.45, 7) is 3.11. The molecule has 1 saturated heterocycles. The Hall–Kier alpha value is -2.69. The summed E-state index contributed by atoms with van der Waals surface area (Å²) < 4.78 is 13.1. The Morgan fingerprint density at radius 3 is 2.48 bits per heavy atom. The Kier molecular flexibility index (Phi) is 5.75. The van der Waals surface area contributed by atoms with Crippen LogP contribution >= 0.6 is 0 Å². The lowest BCUT2D eigenvalue weighted by molar-refractivity contribution is 0.145. The predicted octanol–water partition coefficient (Wildman–Crippen LogP) is 5.65. The van der Waals surface area contributed by atoms with Crippen LogP contribution in [0.4, 0.5) is 15.8 Å². The van der Waals surface area contributed by atoms with Gasteiger partial charge in [0.2, 0.25) is 0 Å². The third-order valence-corrected chi connectivity index (χ3v) is 6.83. The third-order valence-electron chi connectivity index (χ3n) is 6.83. The van der Waals surface area contributed by atoms with Crippen LogP contribution in [0.3, 0.4) is 0 Å². The summed E-state index contributed by atoms with van der Waals surface area (Å²) >= 11 is 0. The number of anilines is 2.